The van der Waals surface area contributed by atoms with Crippen LogP contribution in [0.4, 0.5) is 4.79 Å². The molecule has 0 aromatic rings. The maximum atomic E-state index is 12.7. The van der Waals surface area contributed by atoms with Gasteiger partial charge in [-0.05, 0) is 57.7 Å². The zero-order chi connectivity index (χ0) is 16.4. The summed E-state index contributed by atoms with van der Waals surface area (Å²) in [5, 5.41) is 4.10. The number of nitrogens with one attached hydrogen (secondary N) is 1. The summed E-state index contributed by atoms with van der Waals surface area (Å²) in [6, 6.07) is 2.32. The normalized spacial score (nSPS) is 37.6. The summed E-state index contributed by atoms with van der Waals surface area (Å²) in [6.45, 7) is 2.23. The Morgan fingerprint density at radius 3 is 2.52 bits per heavy atom. The van der Waals surface area contributed by atoms with Gasteiger partial charge in [0.1, 0.15) is 0 Å². The van der Waals surface area contributed by atoms with Crippen molar-refractivity contribution in [1.29, 1.82) is 0 Å². The number of urea groups is 1. The van der Waals surface area contributed by atoms with Crippen LogP contribution in [-0.4, -0.2) is 65.1 Å². The molecular formula is C18H33N3OS. The van der Waals surface area contributed by atoms with Gasteiger partial charge < -0.3 is 15.1 Å². The lowest BCUT2D eigenvalue weighted by Crippen LogP contribution is -2.57. The second kappa shape index (κ2) is 7.64. The molecular weight excluding hydrogens is 306 g/mol. The zero-order valence-corrected chi connectivity index (χ0v) is 15.8. The van der Waals surface area contributed by atoms with Crippen LogP contribution in [0.1, 0.15) is 58.3 Å². The summed E-state index contributed by atoms with van der Waals surface area (Å²) in [5.41, 5.74) is 0. The Hall–Kier alpha value is -0.420. The number of fused-ring (bicyclic) bond motifs is 2. The zero-order valence-electron chi connectivity index (χ0n) is 15.0. The SMILES string of the molecule is CCS[C@H]1CC[C@@H](N(C)C(=O)NC2C[C@H]3CCC[C@@H](C2)N3C)C1. The molecule has 0 aromatic heterocycles. The van der Waals surface area contributed by atoms with Gasteiger partial charge in [0, 0.05) is 36.5 Å². The molecule has 0 spiro atoms. The third-order valence-electron chi connectivity index (χ3n) is 6.29. The molecule has 2 saturated heterocycles. The first-order valence-corrected chi connectivity index (χ1v) is 10.5. The van der Waals surface area contributed by atoms with E-state index in [9.17, 15) is 4.79 Å². The van der Waals surface area contributed by atoms with E-state index in [2.05, 4.69) is 35.9 Å². The van der Waals surface area contributed by atoms with Crippen LogP contribution in [0.5, 0.6) is 0 Å². The van der Waals surface area contributed by atoms with E-state index in [0.717, 1.165) is 18.1 Å². The summed E-state index contributed by atoms with van der Waals surface area (Å²) in [6.07, 6.45) is 9.82. The van der Waals surface area contributed by atoms with Gasteiger partial charge in [-0.2, -0.15) is 11.8 Å². The van der Waals surface area contributed by atoms with E-state index in [1.165, 1.54) is 44.3 Å². The van der Waals surface area contributed by atoms with Crippen LogP contribution in [0, 0.1) is 0 Å². The molecule has 132 valence electrons. The molecule has 1 saturated carbocycles. The standard InChI is InChI=1S/C18H33N3OS/c1-4-23-17-9-8-16(12-17)21(3)18(22)19-13-10-14-6-5-7-15(11-13)20(14)2/h13-17H,4-12H2,1-3H3,(H,19,22)/t13?,14-,15+,16-,17+/m1/s1. The number of carbonyl (C=O) groups is 1. The minimum atomic E-state index is 0.157. The van der Waals surface area contributed by atoms with Gasteiger partial charge in [-0.25, -0.2) is 4.79 Å². The fourth-order valence-electron chi connectivity index (χ4n) is 4.83. The summed E-state index contributed by atoms with van der Waals surface area (Å²) >= 11 is 2.05. The second-order valence-electron chi connectivity index (χ2n) is 7.68. The van der Waals surface area contributed by atoms with Gasteiger partial charge in [-0.3, -0.25) is 0 Å². The number of amides is 2. The summed E-state index contributed by atoms with van der Waals surface area (Å²) in [5.74, 6) is 1.19. The van der Waals surface area contributed by atoms with Gasteiger partial charge in [0.2, 0.25) is 0 Å². The smallest absolute Gasteiger partial charge is 0.317 e. The lowest BCUT2D eigenvalue weighted by atomic mass is 9.82. The first kappa shape index (κ1) is 17.4. The highest BCUT2D eigenvalue weighted by atomic mass is 32.2. The molecule has 1 N–H and O–H groups in total. The number of thioether (sulfide) groups is 1. The Morgan fingerprint density at radius 1 is 1.17 bits per heavy atom. The van der Waals surface area contributed by atoms with Crippen LogP contribution in [0.15, 0.2) is 0 Å². The highest BCUT2D eigenvalue weighted by Gasteiger charge is 2.37. The number of hydrogen-bond acceptors (Lipinski definition) is 3. The topological polar surface area (TPSA) is 35.6 Å². The molecule has 5 atom stereocenters. The maximum absolute atomic E-state index is 12.7. The summed E-state index contributed by atoms with van der Waals surface area (Å²) in [4.78, 5) is 17.2. The van der Waals surface area contributed by atoms with Gasteiger partial charge in [0.25, 0.3) is 0 Å². The molecule has 0 aromatic carbocycles. The predicted octanol–water partition coefficient (Wildman–Crippen LogP) is 3.32. The molecule has 5 heteroatoms. The molecule has 1 aliphatic carbocycles. The molecule has 4 nitrogen and oxygen atoms in total. The van der Waals surface area contributed by atoms with Crippen molar-refractivity contribution < 1.29 is 4.79 Å². The molecule has 3 fully saturated rings. The van der Waals surface area contributed by atoms with Gasteiger partial charge in [-0.15, -0.1) is 0 Å². The minimum Gasteiger partial charge on any atom is -0.335 e. The summed E-state index contributed by atoms with van der Waals surface area (Å²) < 4.78 is 0. The van der Waals surface area contributed by atoms with Crippen molar-refractivity contribution in [2.45, 2.75) is 87.7 Å². The fraction of sp³-hybridized carbons (Fsp3) is 0.944. The number of nitrogens with zero attached hydrogens (tertiary/aromatic N) is 2. The quantitative estimate of drug-likeness (QED) is 0.853. The highest BCUT2D eigenvalue weighted by Crippen LogP contribution is 2.34. The summed E-state index contributed by atoms with van der Waals surface area (Å²) in [7, 11) is 4.26. The van der Waals surface area contributed by atoms with E-state index in [-0.39, 0.29) is 6.03 Å². The van der Waals surface area contributed by atoms with Crippen LogP contribution in [0.25, 0.3) is 0 Å². The van der Waals surface area contributed by atoms with Crippen LogP contribution >= 0.6 is 11.8 Å². The number of carbonyl (C=O) groups excluding carboxylic acids is 1. The molecule has 2 bridgehead atoms. The van der Waals surface area contributed by atoms with Crippen molar-refractivity contribution in [3.8, 4) is 0 Å². The van der Waals surface area contributed by atoms with Crippen molar-refractivity contribution in [1.82, 2.24) is 15.1 Å². The Morgan fingerprint density at radius 2 is 1.87 bits per heavy atom. The first-order valence-electron chi connectivity index (χ1n) is 9.45. The third-order valence-corrected chi connectivity index (χ3v) is 7.53. The van der Waals surface area contributed by atoms with Crippen molar-refractivity contribution >= 4 is 17.8 Å². The van der Waals surface area contributed by atoms with Gasteiger partial charge >= 0.3 is 6.03 Å². The van der Waals surface area contributed by atoms with Gasteiger partial charge in [-0.1, -0.05) is 13.3 Å². The van der Waals surface area contributed by atoms with E-state index < -0.39 is 0 Å². The van der Waals surface area contributed by atoms with E-state index in [4.69, 9.17) is 0 Å². The average molecular weight is 340 g/mol. The first-order chi connectivity index (χ1) is 11.1. The van der Waals surface area contributed by atoms with E-state index >= 15 is 0 Å². The van der Waals surface area contributed by atoms with Crippen LogP contribution < -0.4 is 5.32 Å². The Bertz CT molecular complexity index is 405. The minimum absolute atomic E-state index is 0.157. The molecule has 2 amide bonds. The van der Waals surface area contributed by atoms with E-state index in [1.54, 1.807) is 0 Å². The molecule has 3 rings (SSSR count). The van der Waals surface area contributed by atoms with Crippen molar-refractivity contribution in [3.63, 3.8) is 0 Å². The Balaban J connectivity index is 1.49. The van der Waals surface area contributed by atoms with E-state index in [1.807, 2.05) is 11.9 Å². The highest BCUT2D eigenvalue weighted by molar-refractivity contribution is 7.99. The largest absolute Gasteiger partial charge is 0.335 e. The van der Waals surface area contributed by atoms with Crippen molar-refractivity contribution in [2.24, 2.45) is 0 Å². The maximum Gasteiger partial charge on any atom is 0.317 e. The lowest BCUT2D eigenvalue weighted by Gasteiger charge is -2.47. The molecule has 23 heavy (non-hydrogen) atoms. The van der Waals surface area contributed by atoms with Crippen molar-refractivity contribution in [3.05, 3.63) is 0 Å². The molecule has 3 aliphatic rings. The number of hydrogen-bond donors (Lipinski definition) is 1. The predicted molar refractivity (Wildman–Crippen MR) is 98.1 cm³/mol. The fourth-order valence-corrected chi connectivity index (χ4v) is 5.96. The Kier molecular flexibility index (Phi) is 5.78. The molecule has 2 aliphatic heterocycles. The second-order valence-corrected chi connectivity index (χ2v) is 9.25. The number of rotatable bonds is 4. The lowest BCUT2D eigenvalue weighted by molar-refractivity contribution is 0.0492. The van der Waals surface area contributed by atoms with Crippen molar-refractivity contribution in [2.75, 3.05) is 19.8 Å². The van der Waals surface area contributed by atoms with Crippen LogP contribution in [0.3, 0.4) is 0 Å². The van der Waals surface area contributed by atoms with Gasteiger partial charge in [0.05, 0.1) is 0 Å². The van der Waals surface area contributed by atoms with E-state index in [0.29, 0.717) is 24.2 Å². The molecule has 1 unspecified atom stereocenters. The van der Waals surface area contributed by atoms with Crippen LogP contribution in [-0.2, 0) is 0 Å². The third kappa shape index (κ3) is 3.98. The monoisotopic (exact) mass is 339 g/mol. The number of piperidine rings is 2. The Labute approximate surface area is 145 Å². The molecule has 0 radical (unpaired) electrons. The van der Waals surface area contributed by atoms with Crippen LogP contribution in [0.2, 0.25) is 0 Å². The van der Waals surface area contributed by atoms with Gasteiger partial charge in [0.15, 0.2) is 0 Å². The average Bonchev–Trinajstić information content (AvgIpc) is 2.96. The molecule has 2 heterocycles.